The fourth-order valence-electron chi connectivity index (χ4n) is 5.55. The number of nitrogens with zero attached hydrogens (tertiary/aromatic N) is 3. The van der Waals surface area contributed by atoms with Gasteiger partial charge in [-0.25, -0.2) is 14.8 Å². The van der Waals surface area contributed by atoms with Crippen molar-refractivity contribution in [1.82, 2.24) is 15.3 Å². The molecule has 2 aromatic heterocycles. The SMILES string of the molecule is CC(CO[C@@H](C)C(=O)OC(C)(C)C)N[C@H]1CC[C@H](Nc2cc(-c3cccc(NCC4(C#N)CCOCC4)n3)c(Cl)cn2)CC1. The minimum atomic E-state index is -0.600. The molecule has 10 nitrogen and oxygen atoms in total. The van der Waals surface area contributed by atoms with Gasteiger partial charge in [-0.15, -0.1) is 0 Å². The van der Waals surface area contributed by atoms with Crippen molar-refractivity contribution < 1.29 is 19.0 Å². The largest absolute Gasteiger partial charge is 0.458 e. The third-order valence-corrected chi connectivity index (χ3v) is 8.41. The van der Waals surface area contributed by atoms with Crippen LogP contribution in [0.25, 0.3) is 11.3 Å². The number of nitriles is 1. The summed E-state index contributed by atoms with van der Waals surface area (Å²) in [6.45, 7) is 11.5. The number of hydrogen-bond donors (Lipinski definition) is 3. The van der Waals surface area contributed by atoms with Gasteiger partial charge in [0.05, 0.1) is 28.8 Å². The molecule has 0 bridgehead atoms. The Morgan fingerprint density at radius 1 is 1.16 bits per heavy atom. The number of anilines is 2. The Morgan fingerprint density at radius 2 is 1.86 bits per heavy atom. The van der Waals surface area contributed by atoms with Crippen LogP contribution in [-0.4, -0.2) is 72.1 Å². The summed E-state index contributed by atoms with van der Waals surface area (Å²) in [5.41, 5.74) is 0.580. The smallest absolute Gasteiger partial charge is 0.335 e. The molecule has 1 saturated carbocycles. The number of pyridine rings is 2. The van der Waals surface area contributed by atoms with Crippen LogP contribution in [0, 0.1) is 16.7 Å². The molecule has 1 saturated heterocycles. The molecule has 3 heterocycles. The molecule has 4 rings (SSSR count). The molecule has 0 radical (unpaired) electrons. The topological polar surface area (TPSA) is 130 Å². The second-order valence-corrected chi connectivity index (χ2v) is 13.5. The summed E-state index contributed by atoms with van der Waals surface area (Å²) in [5.74, 6) is 1.13. The molecule has 2 aliphatic rings. The molecule has 240 valence electrons. The first-order valence-corrected chi connectivity index (χ1v) is 16.1. The summed E-state index contributed by atoms with van der Waals surface area (Å²) < 4.78 is 16.6. The molecule has 2 aromatic rings. The maximum atomic E-state index is 12.2. The Bertz CT molecular complexity index is 1280. The highest BCUT2D eigenvalue weighted by molar-refractivity contribution is 6.33. The zero-order chi connectivity index (χ0) is 31.7. The van der Waals surface area contributed by atoms with Gasteiger partial charge in [-0.1, -0.05) is 17.7 Å². The number of esters is 1. The highest BCUT2D eigenvalue weighted by Crippen LogP contribution is 2.32. The van der Waals surface area contributed by atoms with Crippen LogP contribution < -0.4 is 16.0 Å². The molecule has 1 aliphatic heterocycles. The Morgan fingerprint density at radius 3 is 2.55 bits per heavy atom. The molecule has 3 N–H and O–H groups in total. The zero-order valence-corrected chi connectivity index (χ0v) is 27.4. The highest BCUT2D eigenvalue weighted by atomic mass is 35.5. The lowest BCUT2D eigenvalue weighted by atomic mass is 9.82. The highest BCUT2D eigenvalue weighted by Gasteiger charge is 2.32. The van der Waals surface area contributed by atoms with E-state index in [1.807, 2.05) is 45.0 Å². The number of carbonyl (C=O) groups is 1. The van der Waals surface area contributed by atoms with E-state index in [1.54, 1.807) is 13.1 Å². The van der Waals surface area contributed by atoms with Crippen LogP contribution in [0.15, 0.2) is 30.5 Å². The molecular formula is C33H47ClN6O4. The summed E-state index contributed by atoms with van der Waals surface area (Å²) in [6.07, 6.45) is 6.54. The number of nitrogens with one attached hydrogen (secondary N) is 3. The van der Waals surface area contributed by atoms with Crippen LogP contribution in [-0.2, 0) is 19.0 Å². The third-order valence-electron chi connectivity index (χ3n) is 8.11. The molecule has 1 aliphatic carbocycles. The van der Waals surface area contributed by atoms with Crippen LogP contribution in [0.1, 0.15) is 73.1 Å². The predicted octanol–water partition coefficient (Wildman–Crippen LogP) is 5.98. The Balaban J connectivity index is 1.26. The van der Waals surface area contributed by atoms with Crippen LogP contribution in [0.3, 0.4) is 0 Å². The summed E-state index contributed by atoms with van der Waals surface area (Å²) in [4.78, 5) is 21.5. The number of halogens is 1. The van der Waals surface area contributed by atoms with E-state index in [9.17, 15) is 10.1 Å². The Labute approximate surface area is 266 Å². The van der Waals surface area contributed by atoms with Gasteiger partial charge in [0, 0.05) is 49.6 Å². The fourth-order valence-corrected chi connectivity index (χ4v) is 5.75. The van der Waals surface area contributed by atoms with Crippen molar-refractivity contribution in [2.45, 2.75) is 103 Å². The molecule has 1 unspecified atom stereocenters. The summed E-state index contributed by atoms with van der Waals surface area (Å²) in [5, 5.41) is 20.9. The van der Waals surface area contributed by atoms with Gasteiger partial charge in [0.15, 0.2) is 6.10 Å². The number of ether oxygens (including phenoxy) is 3. The van der Waals surface area contributed by atoms with E-state index in [0.717, 1.165) is 42.8 Å². The van der Waals surface area contributed by atoms with Crippen molar-refractivity contribution >= 4 is 29.2 Å². The van der Waals surface area contributed by atoms with Crippen LogP contribution in [0.2, 0.25) is 5.02 Å². The Hall–Kier alpha value is -2.97. The number of rotatable bonds is 12. The summed E-state index contributed by atoms with van der Waals surface area (Å²) >= 11 is 6.58. The fraction of sp³-hybridized carbons (Fsp3) is 0.636. The van der Waals surface area contributed by atoms with Gasteiger partial charge in [0.25, 0.3) is 0 Å². The van der Waals surface area contributed by atoms with E-state index in [1.165, 1.54) is 0 Å². The maximum Gasteiger partial charge on any atom is 0.335 e. The van der Waals surface area contributed by atoms with Crippen LogP contribution >= 0.6 is 11.6 Å². The van der Waals surface area contributed by atoms with Crippen molar-refractivity contribution in [2.75, 3.05) is 37.0 Å². The van der Waals surface area contributed by atoms with Gasteiger partial charge in [-0.2, -0.15) is 5.26 Å². The van der Waals surface area contributed by atoms with E-state index in [2.05, 4.69) is 33.9 Å². The van der Waals surface area contributed by atoms with Crippen molar-refractivity contribution in [3.63, 3.8) is 0 Å². The molecule has 0 spiro atoms. The van der Waals surface area contributed by atoms with E-state index in [-0.39, 0.29) is 12.0 Å². The van der Waals surface area contributed by atoms with E-state index >= 15 is 0 Å². The van der Waals surface area contributed by atoms with Crippen LogP contribution in [0.4, 0.5) is 11.6 Å². The lowest BCUT2D eigenvalue weighted by Gasteiger charge is -2.32. The van der Waals surface area contributed by atoms with Gasteiger partial charge in [-0.05, 0) is 91.3 Å². The van der Waals surface area contributed by atoms with Gasteiger partial charge in [0.2, 0.25) is 0 Å². The van der Waals surface area contributed by atoms with E-state index in [0.29, 0.717) is 62.1 Å². The minimum Gasteiger partial charge on any atom is -0.458 e. The predicted molar refractivity (Wildman–Crippen MR) is 173 cm³/mol. The van der Waals surface area contributed by atoms with Crippen molar-refractivity contribution in [3.8, 4) is 17.3 Å². The van der Waals surface area contributed by atoms with Crippen LogP contribution in [0.5, 0.6) is 0 Å². The first kappa shape index (κ1) is 33.9. The molecule has 11 heteroatoms. The average Bonchev–Trinajstić information content (AvgIpc) is 3.00. The third kappa shape index (κ3) is 10.0. The standard InChI is InChI=1S/C33H47ClN6O4/c1-22(19-43-23(2)31(41)44-32(3,4)5)38-24-9-11-25(12-10-24)39-30-17-26(27(34)18-36-30)28-7-6-8-29(40-28)37-21-33(20-35)13-15-42-16-14-33/h6-8,17-18,22-25,38H,9-16,19,21H2,1-5H3,(H,36,39)(H,37,40)/t22?,23-,24-,25-/m0/s1. The second kappa shape index (κ2) is 15.3. The van der Waals surface area contributed by atoms with Crippen molar-refractivity contribution in [2.24, 2.45) is 5.41 Å². The first-order valence-electron chi connectivity index (χ1n) is 15.7. The van der Waals surface area contributed by atoms with Crippen molar-refractivity contribution in [3.05, 3.63) is 35.5 Å². The number of aromatic nitrogens is 2. The minimum absolute atomic E-state index is 0.120. The van der Waals surface area contributed by atoms with Gasteiger partial charge < -0.3 is 30.2 Å². The normalized spacial score (nSPS) is 21.5. The van der Waals surface area contributed by atoms with Crippen molar-refractivity contribution in [1.29, 1.82) is 5.26 Å². The molecule has 0 amide bonds. The molecule has 44 heavy (non-hydrogen) atoms. The second-order valence-electron chi connectivity index (χ2n) is 13.1. The number of hydrogen-bond acceptors (Lipinski definition) is 10. The molecule has 2 fully saturated rings. The molecule has 2 atom stereocenters. The Kier molecular flexibility index (Phi) is 11.8. The van der Waals surface area contributed by atoms with Gasteiger partial charge in [0.1, 0.15) is 17.2 Å². The van der Waals surface area contributed by atoms with E-state index < -0.39 is 17.1 Å². The zero-order valence-electron chi connectivity index (χ0n) is 26.6. The summed E-state index contributed by atoms with van der Waals surface area (Å²) in [6, 6.07) is 11.0. The van der Waals surface area contributed by atoms with Gasteiger partial charge in [-0.3, -0.25) is 0 Å². The number of carbonyl (C=O) groups excluding carboxylic acids is 1. The first-order chi connectivity index (χ1) is 20.9. The molecular weight excluding hydrogens is 580 g/mol. The monoisotopic (exact) mass is 626 g/mol. The lowest BCUT2D eigenvalue weighted by molar-refractivity contribution is -0.167. The molecule has 0 aromatic carbocycles. The summed E-state index contributed by atoms with van der Waals surface area (Å²) in [7, 11) is 0. The quantitative estimate of drug-likeness (QED) is 0.242. The van der Waals surface area contributed by atoms with E-state index in [4.69, 9.17) is 30.8 Å². The average molecular weight is 627 g/mol. The van der Waals surface area contributed by atoms with Gasteiger partial charge >= 0.3 is 5.97 Å². The lowest BCUT2D eigenvalue weighted by Crippen LogP contribution is -2.44. The maximum absolute atomic E-state index is 12.2.